The zero-order valence-electron chi connectivity index (χ0n) is 14.1. The fraction of sp³-hybridized carbons (Fsp3) is 0.278. The van der Waals surface area contributed by atoms with Crippen molar-refractivity contribution >= 4 is 11.6 Å². The van der Waals surface area contributed by atoms with Crippen molar-refractivity contribution in [3.8, 4) is 0 Å². The molecule has 9 heteroatoms. The summed E-state index contributed by atoms with van der Waals surface area (Å²) in [6, 6.07) is 7.01. The van der Waals surface area contributed by atoms with Crippen molar-refractivity contribution in [1.82, 2.24) is 0 Å². The number of carbonyl (C=O) groups is 1. The van der Waals surface area contributed by atoms with E-state index in [1.54, 1.807) is 23.5 Å². The molecule has 1 atom stereocenters. The quantitative estimate of drug-likeness (QED) is 0.548. The van der Waals surface area contributed by atoms with Gasteiger partial charge >= 0.3 is 6.18 Å². The van der Waals surface area contributed by atoms with Crippen LogP contribution < -0.4 is 5.32 Å². The highest BCUT2D eigenvalue weighted by molar-refractivity contribution is 5.92. The van der Waals surface area contributed by atoms with Crippen molar-refractivity contribution in [2.75, 3.05) is 5.32 Å². The molecule has 0 aliphatic carbocycles. The average molecular weight is 393 g/mol. The molecular formula is C18H14F7NO. The largest absolute Gasteiger partial charge is 0.422 e. The predicted octanol–water partition coefficient (Wildman–Crippen LogP) is 5.39. The molecule has 2 rings (SSSR count). The van der Waals surface area contributed by atoms with E-state index in [2.05, 4.69) is 0 Å². The Morgan fingerprint density at radius 1 is 1.04 bits per heavy atom. The third-order valence-corrected chi connectivity index (χ3v) is 3.87. The van der Waals surface area contributed by atoms with Crippen LogP contribution >= 0.6 is 0 Å². The monoisotopic (exact) mass is 393 g/mol. The number of aryl methyl sites for hydroxylation is 1. The summed E-state index contributed by atoms with van der Waals surface area (Å²) in [5, 5.41) is 1.64. The Bertz CT molecular complexity index is 848. The van der Waals surface area contributed by atoms with E-state index in [4.69, 9.17) is 0 Å². The molecular weight excluding hydrogens is 379 g/mol. The van der Waals surface area contributed by atoms with E-state index in [-0.39, 0.29) is 6.42 Å². The highest BCUT2D eigenvalue weighted by Gasteiger charge is 2.42. The number of benzene rings is 2. The first kappa shape index (κ1) is 20.7. The van der Waals surface area contributed by atoms with E-state index in [9.17, 15) is 35.5 Å². The van der Waals surface area contributed by atoms with Gasteiger partial charge in [-0.25, -0.2) is 17.6 Å². The van der Waals surface area contributed by atoms with E-state index in [1.807, 2.05) is 13.0 Å². The van der Waals surface area contributed by atoms with Crippen LogP contribution in [0, 0.1) is 36.1 Å². The van der Waals surface area contributed by atoms with E-state index in [1.165, 1.54) is 6.92 Å². The van der Waals surface area contributed by atoms with Crippen molar-refractivity contribution in [3.63, 3.8) is 0 Å². The standard InChI is InChI=1S/C18H14F7NO/c1-8-4-3-5-10(6-8)7-9(2)17(27)26-16-14(21)12(19)11(18(23,24)25)13(20)15(16)22/h3-6,9H,7H2,1-2H3,(H,26,27)/t9-/m0/s1. The summed E-state index contributed by atoms with van der Waals surface area (Å²) in [5.41, 5.74) is -2.66. The molecule has 27 heavy (non-hydrogen) atoms. The van der Waals surface area contributed by atoms with Gasteiger partial charge in [0.1, 0.15) is 11.3 Å². The van der Waals surface area contributed by atoms with Crippen LogP contribution in [0.5, 0.6) is 0 Å². The normalized spacial score (nSPS) is 12.8. The van der Waals surface area contributed by atoms with Gasteiger partial charge in [0.15, 0.2) is 23.3 Å². The zero-order chi connectivity index (χ0) is 20.5. The number of amides is 1. The molecule has 0 spiro atoms. The van der Waals surface area contributed by atoms with Crippen LogP contribution in [0.2, 0.25) is 0 Å². The van der Waals surface area contributed by atoms with Crippen LogP contribution in [0.15, 0.2) is 24.3 Å². The van der Waals surface area contributed by atoms with Gasteiger partial charge in [0.05, 0.1) is 0 Å². The van der Waals surface area contributed by atoms with Gasteiger partial charge < -0.3 is 5.32 Å². The number of halogens is 7. The lowest BCUT2D eigenvalue weighted by atomic mass is 9.99. The highest BCUT2D eigenvalue weighted by Crippen LogP contribution is 2.38. The number of carbonyl (C=O) groups excluding carboxylic acids is 1. The second-order valence-electron chi connectivity index (χ2n) is 6.09. The van der Waals surface area contributed by atoms with Gasteiger partial charge in [-0.15, -0.1) is 0 Å². The Hall–Kier alpha value is -2.58. The SMILES string of the molecule is Cc1cccc(C[C@H](C)C(=O)Nc2c(F)c(F)c(C(F)(F)F)c(F)c2F)c1. The topological polar surface area (TPSA) is 29.1 Å². The Kier molecular flexibility index (Phi) is 5.82. The molecule has 0 aliphatic rings. The van der Waals surface area contributed by atoms with Crippen LogP contribution in [0.1, 0.15) is 23.6 Å². The molecule has 0 heterocycles. The maximum atomic E-state index is 13.8. The highest BCUT2D eigenvalue weighted by atomic mass is 19.4. The van der Waals surface area contributed by atoms with Gasteiger partial charge in [-0.3, -0.25) is 4.79 Å². The average Bonchev–Trinajstić information content (AvgIpc) is 2.55. The molecule has 2 aromatic carbocycles. The number of rotatable bonds is 4. The Labute approximate surface area is 150 Å². The predicted molar refractivity (Wildman–Crippen MR) is 84.0 cm³/mol. The van der Waals surface area contributed by atoms with E-state index in [0.717, 1.165) is 11.1 Å². The smallest absolute Gasteiger partial charge is 0.321 e. The van der Waals surface area contributed by atoms with Gasteiger partial charge in [-0.2, -0.15) is 13.2 Å². The first-order valence-electron chi connectivity index (χ1n) is 7.73. The number of hydrogen-bond acceptors (Lipinski definition) is 1. The number of anilines is 1. The molecule has 0 fully saturated rings. The first-order valence-corrected chi connectivity index (χ1v) is 7.73. The molecule has 146 valence electrons. The summed E-state index contributed by atoms with van der Waals surface area (Å²) in [5.74, 6) is -11.8. The fourth-order valence-electron chi connectivity index (χ4n) is 2.52. The minimum atomic E-state index is -5.64. The van der Waals surface area contributed by atoms with Gasteiger partial charge in [-0.05, 0) is 18.9 Å². The summed E-state index contributed by atoms with van der Waals surface area (Å²) in [6.45, 7) is 3.21. The van der Waals surface area contributed by atoms with Crippen LogP contribution in [0.4, 0.5) is 36.4 Å². The summed E-state index contributed by atoms with van der Waals surface area (Å²) < 4.78 is 92.6. The fourth-order valence-corrected chi connectivity index (χ4v) is 2.52. The van der Waals surface area contributed by atoms with Crippen molar-refractivity contribution in [1.29, 1.82) is 0 Å². The lowest BCUT2D eigenvalue weighted by molar-refractivity contribution is -0.143. The third-order valence-electron chi connectivity index (χ3n) is 3.87. The third kappa shape index (κ3) is 4.40. The van der Waals surface area contributed by atoms with Gasteiger partial charge in [0.2, 0.25) is 5.91 Å². The van der Waals surface area contributed by atoms with Crippen molar-refractivity contribution in [3.05, 3.63) is 64.2 Å². The maximum absolute atomic E-state index is 13.8. The van der Waals surface area contributed by atoms with Crippen molar-refractivity contribution in [2.24, 2.45) is 5.92 Å². The molecule has 0 saturated heterocycles. The van der Waals surface area contributed by atoms with E-state index < -0.39 is 52.5 Å². The minimum absolute atomic E-state index is 0.141. The lowest BCUT2D eigenvalue weighted by Crippen LogP contribution is -2.25. The number of nitrogens with one attached hydrogen (secondary N) is 1. The Morgan fingerprint density at radius 3 is 2.07 bits per heavy atom. The maximum Gasteiger partial charge on any atom is 0.422 e. The van der Waals surface area contributed by atoms with Gasteiger partial charge in [-0.1, -0.05) is 36.8 Å². The molecule has 0 aliphatic heterocycles. The van der Waals surface area contributed by atoms with E-state index >= 15 is 0 Å². The second kappa shape index (κ2) is 7.58. The molecule has 0 unspecified atom stereocenters. The van der Waals surface area contributed by atoms with Crippen molar-refractivity contribution in [2.45, 2.75) is 26.4 Å². The van der Waals surface area contributed by atoms with Crippen LogP contribution in [-0.2, 0) is 17.4 Å². The summed E-state index contributed by atoms with van der Waals surface area (Å²) in [7, 11) is 0. The first-order chi connectivity index (χ1) is 12.4. The molecule has 2 aromatic rings. The minimum Gasteiger partial charge on any atom is -0.321 e. The Morgan fingerprint density at radius 2 is 1.59 bits per heavy atom. The molecule has 2 nitrogen and oxygen atoms in total. The lowest BCUT2D eigenvalue weighted by Gasteiger charge is -2.16. The molecule has 1 N–H and O–H groups in total. The van der Waals surface area contributed by atoms with Gasteiger partial charge in [0, 0.05) is 5.92 Å². The second-order valence-corrected chi connectivity index (χ2v) is 6.09. The molecule has 1 amide bonds. The summed E-state index contributed by atoms with van der Waals surface area (Å²) in [6.07, 6.45) is -5.50. The van der Waals surface area contributed by atoms with Gasteiger partial charge in [0.25, 0.3) is 0 Å². The molecule has 0 radical (unpaired) electrons. The summed E-state index contributed by atoms with van der Waals surface area (Å²) in [4.78, 5) is 12.1. The molecule has 0 bridgehead atoms. The Balaban J connectivity index is 2.30. The van der Waals surface area contributed by atoms with Crippen LogP contribution in [0.3, 0.4) is 0 Å². The van der Waals surface area contributed by atoms with Crippen LogP contribution in [-0.4, -0.2) is 5.91 Å². The number of alkyl halides is 3. The van der Waals surface area contributed by atoms with E-state index in [0.29, 0.717) is 0 Å². The summed E-state index contributed by atoms with van der Waals surface area (Å²) >= 11 is 0. The van der Waals surface area contributed by atoms with Crippen LogP contribution in [0.25, 0.3) is 0 Å². The molecule has 0 saturated carbocycles. The zero-order valence-corrected chi connectivity index (χ0v) is 14.1. The van der Waals surface area contributed by atoms with Crippen molar-refractivity contribution < 1.29 is 35.5 Å². The molecule has 0 aromatic heterocycles. The number of hydrogen-bond donors (Lipinski definition) is 1.